The van der Waals surface area contributed by atoms with Gasteiger partial charge in [-0.3, -0.25) is 0 Å². The van der Waals surface area contributed by atoms with Gasteiger partial charge in [-0.05, 0) is 24.3 Å². The van der Waals surface area contributed by atoms with E-state index < -0.39 is 0 Å². The molecule has 0 spiro atoms. The number of rotatable bonds is 5. The molecule has 0 N–H and O–H groups in total. The SMILES string of the molecule is CCc1noc(CSc2nnc(-c3ccc(Cl)cc3)n2C)n1. The number of aromatic nitrogens is 5. The highest BCUT2D eigenvalue weighted by Gasteiger charge is 2.13. The van der Waals surface area contributed by atoms with Crippen molar-refractivity contribution in [2.24, 2.45) is 7.05 Å². The molecular weight excluding hydrogens is 322 g/mol. The van der Waals surface area contributed by atoms with Gasteiger partial charge in [0, 0.05) is 24.1 Å². The Morgan fingerprint density at radius 3 is 2.68 bits per heavy atom. The van der Waals surface area contributed by atoms with Crippen LogP contribution in [0.1, 0.15) is 18.6 Å². The number of hydrogen-bond donors (Lipinski definition) is 0. The number of aryl methyl sites for hydroxylation is 1. The van der Waals surface area contributed by atoms with Crippen molar-refractivity contribution in [1.29, 1.82) is 0 Å². The van der Waals surface area contributed by atoms with E-state index in [0.29, 0.717) is 16.7 Å². The third-order valence-electron chi connectivity index (χ3n) is 3.09. The predicted molar refractivity (Wildman–Crippen MR) is 84.7 cm³/mol. The molecule has 0 atom stereocenters. The minimum atomic E-state index is 0.569. The van der Waals surface area contributed by atoms with E-state index in [1.807, 2.05) is 42.8 Å². The Labute approximate surface area is 136 Å². The van der Waals surface area contributed by atoms with Gasteiger partial charge in [-0.2, -0.15) is 4.98 Å². The molecule has 22 heavy (non-hydrogen) atoms. The van der Waals surface area contributed by atoms with Crippen molar-refractivity contribution >= 4 is 23.4 Å². The molecular formula is C14H14ClN5OS. The zero-order chi connectivity index (χ0) is 15.5. The average molecular weight is 336 g/mol. The maximum Gasteiger partial charge on any atom is 0.237 e. The molecule has 0 fully saturated rings. The third kappa shape index (κ3) is 3.15. The van der Waals surface area contributed by atoms with Crippen LogP contribution < -0.4 is 0 Å². The summed E-state index contributed by atoms with van der Waals surface area (Å²) < 4.78 is 7.10. The largest absolute Gasteiger partial charge is 0.338 e. The Kier molecular flexibility index (Phi) is 4.44. The van der Waals surface area contributed by atoms with Gasteiger partial charge in [0.15, 0.2) is 16.8 Å². The van der Waals surface area contributed by atoms with Gasteiger partial charge >= 0.3 is 0 Å². The summed E-state index contributed by atoms with van der Waals surface area (Å²) >= 11 is 7.42. The third-order valence-corrected chi connectivity index (χ3v) is 4.35. The first-order valence-corrected chi connectivity index (χ1v) is 8.13. The molecule has 3 aromatic rings. The van der Waals surface area contributed by atoms with Gasteiger partial charge in [0.2, 0.25) is 5.89 Å². The smallest absolute Gasteiger partial charge is 0.237 e. The number of benzene rings is 1. The topological polar surface area (TPSA) is 69.6 Å². The quantitative estimate of drug-likeness (QED) is 0.666. The highest BCUT2D eigenvalue weighted by atomic mass is 35.5. The van der Waals surface area contributed by atoms with Gasteiger partial charge < -0.3 is 9.09 Å². The molecule has 6 nitrogen and oxygen atoms in total. The predicted octanol–water partition coefficient (Wildman–Crippen LogP) is 3.37. The minimum Gasteiger partial charge on any atom is -0.338 e. The normalized spacial score (nSPS) is 11.0. The van der Waals surface area contributed by atoms with Crippen LogP contribution in [0.3, 0.4) is 0 Å². The lowest BCUT2D eigenvalue weighted by molar-refractivity contribution is 0.385. The number of halogens is 1. The average Bonchev–Trinajstić information content (AvgIpc) is 3.13. The first kappa shape index (κ1) is 15.1. The first-order chi connectivity index (χ1) is 10.7. The first-order valence-electron chi connectivity index (χ1n) is 6.77. The molecule has 2 aromatic heterocycles. The highest BCUT2D eigenvalue weighted by Crippen LogP contribution is 2.25. The van der Waals surface area contributed by atoms with Gasteiger partial charge in [-0.15, -0.1) is 10.2 Å². The maximum absolute atomic E-state index is 5.91. The second-order valence-corrected chi connectivity index (χ2v) is 6.00. The molecule has 0 aliphatic heterocycles. The molecule has 3 rings (SSSR count). The fourth-order valence-corrected chi connectivity index (χ4v) is 2.78. The Bertz CT molecular complexity index is 768. The molecule has 114 valence electrons. The van der Waals surface area contributed by atoms with Gasteiger partial charge in [-0.25, -0.2) is 0 Å². The molecule has 0 radical (unpaired) electrons. The van der Waals surface area contributed by atoms with E-state index in [4.69, 9.17) is 16.1 Å². The van der Waals surface area contributed by atoms with E-state index >= 15 is 0 Å². The summed E-state index contributed by atoms with van der Waals surface area (Å²) in [6, 6.07) is 7.52. The minimum absolute atomic E-state index is 0.569. The summed E-state index contributed by atoms with van der Waals surface area (Å²) in [5.41, 5.74) is 0.970. The van der Waals surface area contributed by atoms with Gasteiger partial charge in [0.1, 0.15) is 0 Å². The Balaban J connectivity index is 1.74. The zero-order valence-corrected chi connectivity index (χ0v) is 13.7. The van der Waals surface area contributed by atoms with Crippen molar-refractivity contribution in [2.45, 2.75) is 24.3 Å². The molecule has 0 saturated carbocycles. The molecule has 0 unspecified atom stereocenters. The summed E-state index contributed by atoms with van der Waals surface area (Å²) in [7, 11) is 1.93. The Morgan fingerprint density at radius 1 is 1.23 bits per heavy atom. The summed E-state index contributed by atoms with van der Waals surface area (Å²) in [4.78, 5) is 4.28. The summed E-state index contributed by atoms with van der Waals surface area (Å²) in [6.07, 6.45) is 0.763. The van der Waals surface area contributed by atoms with Crippen LogP contribution in [-0.2, 0) is 19.2 Å². The Morgan fingerprint density at radius 2 is 2.00 bits per heavy atom. The van der Waals surface area contributed by atoms with E-state index in [-0.39, 0.29) is 0 Å². The zero-order valence-electron chi connectivity index (χ0n) is 12.2. The molecule has 8 heteroatoms. The van der Waals surface area contributed by atoms with Crippen molar-refractivity contribution in [1.82, 2.24) is 24.9 Å². The van der Waals surface area contributed by atoms with Gasteiger partial charge in [0.05, 0.1) is 5.75 Å². The van der Waals surface area contributed by atoms with Crippen LogP contribution in [0.2, 0.25) is 5.02 Å². The van der Waals surface area contributed by atoms with Crippen LogP contribution in [-0.4, -0.2) is 24.9 Å². The van der Waals surface area contributed by atoms with Gasteiger partial charge in [-0.1, -0.05) is 35.4 Å². The molecule has 0 amide bonds. The van der Waals surface area contributed by atoms with Crippen LogP contribution in [0.25, 0.3) is 11.4 Å². The second-order valence-electron chi connectivity index (χ2n) is 4.62. The molecule has 1 aromatic carbocycles. The van der Waals surface area contributed by atoms with Crippen molar-refractivity contribution in [3.8, 4) is 11.4 Å². The summed E-state index contributed by atoms with van der Waals surface area (Å²) in [5.74, 6) is 2.67. The molecule has 0 aliphatic rings. The lowest BCUT2D eigenvalue weighted by Gasteiger charge is -2.03. The van der Waals surface area contributed by atoms with E-state index in [1.165, 1.54) is 11.8 Å². The fraction of sp³-hybridized carbons (Fsp3) is 0.286. The molecule has 0 saturated heterocycles. The standard InChI is InChI=1S/C14H14ClN5OS/c1-3-11-16-12(21-19-11)8-22-14-18-17-13(20(14)2)9-4-6-10(15)7-5-9/h4-7H,3,8H2,1-2H3. The van der Waals surface area contributed by atoms with E-state index in [1.54, 1.807) is 0 Å². The van der Waals surface area contributed by atoms with E-state index in [0.717, 1.165) is 28.8 Å². The Hall–Kier alpha value is -1.86. The van der Waals surface area contributed by atoms with E-state index in [2.05, 4.69) is 20.3 Å². The molecule has 2 heterocycles. The number of hydrogen-bond acceptors (Lipinski definition) is 6. The maximum atomic E-state index is 5.91. The van der Waals surface area contributed by atoms with Crippen LogP contribution >= 0.6 is 23.4 Å². The summed E-state index contributed by atoms with van der Waals surface area (Å²) in [5, 5.41) is 13.8. The highest BCUT2D eigenvalue weighted by molar-refractivity contribution is 7.98. The number of thioether (sulfide) groups is 1. The van der Waals surface area contributed by atoms with Crippen LogP contribution in [0, 0.1) is 0 Å². The lowest BCUT2D eigenvalue weighted by atomic mass is 10.2. The monoisotopic (exact) mass is 335 g/mol. The lowest BCUT2D eigenvalue weighted by Crippen LogP contribution is -1.95. The van der Waals surface area contributed by atoms with Crippen LogP contribution in [0.5, 0.6) is 0 Å². The molecule has 0 aliphatic carbocycles. The van der Waals surface area contributed by atoms with Gasteiger partial charge in [0.25, 0.3) is 0 Å². The number of nitrogens with zero attached hydrogens (tertiary/aromatic N) is 5. The summed E-state index contributed by atoms with van der Waals surface area (Å²) in [6.45, 7) is 1.99. The fourth-order valence-electron chi connectivity index (χ4n) is 1.91. The van der Waals surface area contributed by atoms with Crippen molar-refractivity contribution in [2.75, 3.05) is 0 Å². The van der Waals surface area contributed by atoms with Crippen LogP contribution in [0.15, 0.2) is 33.9 Å². The van der Waals surface area contributed by atoms with Crippen molar-refractivity contribution < 1.29 is 4.52 Å². The van der Waals surface area contributed by atoms with E-state index in [9.17, 15) is 0 Å². The van der Waals surface area contributed by atoms with Crippen molar-refractivity contribution in [3.63, 3.8) is 0 Å². The molecule has 0 bridgehead atoms. The van der Waals surface area contributed by atoms with Crippen LogP contribution in [0.4, 0.5) is 0 Å². The van der Waals surface area contributed by atoms with Crippen molar-refractivity contribution in [3.05, 3.63) is 41.0 Å². The second kappa shape index (κ2) is 6.50.